The van der Waals surface area contributed by atoms with Gasteiger partial charge in [0.05, 0.1) is 13.2 Å². The van der Waals surface area contributed by atoms with Crippen molar-refractivity contribution >= 4 is 19.7 Å². The van der Waals surface area contributed by atoms with Crippen LogP contribution in [0, 0.1) is 0 Å². The number of allylic oxidation sites excluding steroid dienone is 2. The number of phosphoric ester groups is 1. The first-order valence-electron chi connectivity index (χ1n) is 11.1. The van der Waals surface area contributed by atoms with Crippen molar-refractivity contribution in [1.29, 1.82) is 0 Å². The molecule has 1 amide bonds. The second-order valence-electron chi connectivity index (χ2n) is 7.32. The molecular weight excluding hydrogens is 425 g/mol. The van der Waals surface area contributed by atoms with Gasteiger partial charge in [-0.05, 0) is 25.7 Å². The van der Waals surface area contributed by atoms with E-state index in [1.54, 1.807) is 0 Å². The molecule has 0 bridgehead atoms. The molecule has 0 aliphatic carbocycles. The minimum atomic E-state index is -4.36. The van der Waals surface area contributed by atoms with E-state index in [1.807, 2.05) is 0 Å². The molecule has 0 saturated heterocycles. The van der Waals surface area contributed by atoms with Crippen molar-refractivity contribution in [2.24, 2.45) is 0 Å². The Morgan fingerprint density at radius 1 is 1.00 bits per heavy atom. The lowest BCUT2D eigenvalue weighted by molar-refractivity contribution is -0.144. The van der Waals surface area contributed by atoms with E-state index in [9.17, 15) is 24.2 Å². The molecule has 0 saturated carbocycles. The van der Waals surface area contributed by atoms with E-state index in [2.05, 4.69) is 33.7 Å². The number of hydrogen-bond donors (Lipinski definition) is 3. The Morgan fingerprint density at radius 2 is 1.65 bits per heavy atom. The Balaban J connectivity index is 3.60. The fraction of sp³-hybridized carbons (Fsp3) is 0.810. The minimum absolute atomic E-state index is 0.0765. The van der Waals surface area contributed by atoms with Gasteiger partial charge in [0, 0.05) is 19.9 Å². The summed E-state index contributed by atoms with van der Waals surface area (Å²) in [6.45, 7) is 2.37. The summed E-state index contributed by atoms with van der Waals surface area (Å²) in [5.74, 6) is -0.711. The summed E-state index contributed by atoms with van der Waals surface area (Å²) in [6, 6.07) is 0. The van der Waals surface area contributed by atoms with Crippen LogP contribution in [-0.2, 0) is 27.9 Å². The van der Waals surface area contributed by atoms with E-state index in [4.69, 9.17) is 4.52 Å². The largest absolute Gasteiger partial charge is 0.472 e. The SMILES string of the molecule is CCCC/C=C\CCCCCCCC(=O)NCCOP(=O)(O)OCC(O)COC(C)=O. The summed E-state index contributed by atoms with van der Waals surface area (Å²) in [7, 11) is -4.36. The second kappa shape index (κ2) is 19.4. The van der Waals surface area contributed by atoms with Crippen LogP contribution in [0.5, 0.6) is 0 Å². The van der Waals surface area contributed by atoms with Gasteiger partial charge in [0.1, 0.15) is 12.7 Å². The van der Waals surface area contributed by atoms with E-state index in [1.165, 1.54) is 32.6 Å². The third-order valence-corrected chi connectivity index (χ3v) is 5.24. The van der Waals surface area contributed by atoms with Gasteiger partial charge >= 0.3 is 13.8 Å². The predicted octanol–water partition coefficient (Wildman–Crippen LogP) is 3.64. The first-order valence-corrected chi connectivity index (χ1v) is 12.6. The lowest BCUT2D eigenvalue weighted by Crippen LogP contribution is -2.27. The van der Waals surface area contributed by atoms with E-state index in [0.717, 1.165) is 32.1 Å². The molecule has 0 heterocycles. The smallest absolute Gasteiger partial charge is 0.463 e. The monoisotopic (exact) mass is 465 g/mol. The van der Waals surface area contributed by atoms with Gasteiger partial charge in [0.2, 0.25) is 5.91 Å². The van der Waals surface area contributed by atoms with Gasteiger partial charge in [-0.1, -0.05) is 51.2 Å². The van der Waals surface area contributed by atoms with Crippen molar-refractivity contribution in [2.45, 2.75) is 84.2 Å². The highest BCUT2D eigenvalue weighted by molar-refractivity contribution is 7.47. The lowest BCUT2D eigenvalue weighted by atomic mass is 10.1. The average molecular weight is 466 g/mol. The number of esters is 1. The maximum Gasteiger partial charge on any atom is 0.472 e. The number of amides is 1. The molecular formula is C21H40NO8P. The average Bonchev–Trinajstić information content (AvgIpc) is 2.72. The molecule has 2 unspecified atom stereocenters. The maximum atomic E-state index is 11.8. The quantitative estimate of drug-likeness (QED) is 0.107. The van der Waals surface area contributed by atoms with Gasteiger partial charge < -0.3 is 20.1 Å². The first-order chi connectivity index (χ1) is 14.8. The van der Waals surface area contributed by atoms with Gasteiger partial charge in [-0.3, -0.25) is 18.6 Å². The fourth-order valence-electron chi connectivity index (χ4n) is 2.55. The number of ether oxygens (including phenoxy) is 1. The van der Waals surface area contributed by atoms with Crippen LogP contribution < -0.4 is 5.32 Å². The molecule has 0 spiro atoms. The molecule has 0 fully saturated rings. The van der Waals surface area contributed by atoms with Gasteiger partial charge in [-0.15, -0.1) is 0 Å². The summed E-state index contributed by atoms with van der Waals surface area (Å²) in [5, 5.41) is 12.1. The topological polar surface area (TPSA) is 131 Å². The Hall–Kier alpha value is -1.25. The molecule has 31 heavy (non-hydrogen) atoms. The zero-order valence-corrected chi connectivity index (χ0v) is 19.8. The summed E-state index contributed by atoms with van der Waals surface area (Å²) in [5.41, 5.74) is 0. The standard InChI is InChI=1S/C21H40NO8P/c1-3-4-5-6-7-8-9-10-11-12-13-14-21(25)22-15-16-29-31(26,27)30-18-20(24)17-28-19(2)23/h6-7,20,24H,3-5,8-18H2,1-2H3,(H,22,25)(H,26,27)/b7-6-. The van der Waals surface area contributed by atoms with Crippen LogP contribution in [0.1, 0.15) is 78.1 Å². The molecule has 10 heteroatoms. The zero-order chi connectivity index (χ0) is 23.4. The minimum Gasteiger partial charge on any atom is -0.463 e. The second-order valence-corrected chi connectivity index (χ2v) is 8.78. The molecule has 0 radical (unpaired) electrons. The molecule has 0 aliphatic rings. The van der Waals surface area contributed by atoms with E-state index < -0.39 is 26.5 Å². The highest BCUT2D eigenvalue weighted by Crippen LogP contribution is 2.42. The predicted molar refractivity (Wildman–Crippen MR) is 118 cm³/mol. The normalized spacial score (nSPS) is 14.3. The summed E-state index contributed by atoms with van der Waals surface area (Å²) < 4.78 is 25.5. The van der Waals surface area contributed by atoms with Crippen molar-refractivity contribution in [2.75, 3.05) is 26.4 Å². The number of hydrogen-bond acceptors (Lipinski definition) is 7. The molecule has 182 valence electrons. The van der Waals surface area contributed by atoms with Crippen molar-refractivity contribution < 1.29 is 37.9 Å². The van der Waals surface area contributed by atoms with Crippen LogP contribution >= 0.6 is 7.82 Å². The molecule has 0 aliphatic heterocycles. The van der Waals surface area contributed by atoms with Crippen LogP contribution in [0.25, 0.3) is 0 Å². The number of carbonyl (C=O) groups excluding carboxylic acids is 2. The lowest BCUT2D eigenvalue weighted by Gasteiger charge is -2.15. The molecule has 0 rings (SSSR count). The summed E-state index contributed by atoms with van der Waals surface area (Å²) in [6.07, 6.45) is 13.7. The van der Waals surface area contributed by atoms with Crippen molar-refractivity contribution in [3.8, 4) is 0 Å². The highest BCUT2D eigenvalue weighted by Gasteiger charge is 2.23. The Kier molecular flexibility index (Phi) is 18.7. The molecule has 9 nitrogen and oxygen atoms in total. The molecule has 0 aromatic rings. The zero-order valence-electron chi connectivity index (χ0n) is 18.9. The van der Waals surface area contributed by atoms with E-state index in [0.29, 0.717) is 6.42 Å². The molecule has 3 N–H and O–H groups in total. The fourth-order valence-corrected chi connectivity index (χ4v) is 3.31. The third kappa shape index (κ3) is 21.8. The van der Waals surface area contributed by atoms with Gasteiger partial charge in [-0.25, -0.2) is 4.57 Å². The summed E-state index contributed by atoms with van der Waals surface area (Å²) >= 11 is 0. The number of unbranched alkanes of at least 4 members (excludes halogenated alkanes) is 7. The maximum absolute atomic E-state index is 11.8. The number of carbonyl (C=O) groups is 2. The van der Waals surface area contributed by atoms with Crippen LogP contribution in [0.3, 0.4) is 0 Å². The summed E-state index contributed by atoms with van der Waals surface area (Å²) in [4.78, 5) is 31.9. The van der Waals surface area contributed by atoms with E-state index >= 15 is 0 Å². The van der Waals surface area contributed by atoms with Crippen LogP contribution in [0.15, 0.2) is 12.2 Å². The third-order valence-electron chi connectivity index (χ3n) is 4.25. The van der Waals surface area contributed by atoms with Gasteiger partial charge in [0.25, 0.3) is 0 Å². The van der Waals surface area contributed by atoms with Crippen LogP contribution in [-0.4, -0.2) is 54.3 Å². The Morgan fingerprint density at radius 3 is 2.32 bits per heavy atom. The Labute approximate surface area is 186 Å². The molecule has 2 atom stereocenters. The van der Waals surface area contributed by atoms with E-state index in [-0.39, 0.29) is 25.7 Å². The van der Waals surface area contributed by atoms with Crippen molar-refractivity contribution in [3.63, 3.8) is 0 Å². The number of rotatable bonds is 20. The Bertz CT molecular complexity index is 555. The highest BCUT2D eigenvalue weighted by atomic mass is 31.2. The van der Waals surface area contributed by atoms with Crippen LogP contribution in [0.2, 0.25) is 0 Å². The number of nitrogens with one attached hydrogen (secondary N) is 1. The molecule has 0 aromatic heterocycles. The van der Waals surface area contributed by atoms with Crippen molar-refractivity contribution in [1.82, 2.24) is 5.32 Å². The molecule has 0 aromatic carbocycles. The number of phosphoric acid groups is 1. The number of aliphatic hydroxyl groups excluding tert-OH is 1. The number of aliphatic hydroxyl groups is 1. The van der Waals surface area contributed by atoms with Gasteiger partial charge in [0.15, 0.2) is 0 Å². The van der Waals surface area contributed by atoms with Crippen molar-refractivity contribution in [3.05, 3.63) is 12.2 Å². The van der Waals surface area contributed by atoms with Gasteiger partial charge in [-0.2, -0.15) is 0 Å². The van der Waals surface area contributed by atoms with Crippen LogP contribution in [0.4, 0.5) is 0 Å². The first kappa shape index (κ1) is 29.8.